The van der Waals surface area contributed by atoms with Crippen LogP contribution in [0.1, 0.15) is 28.4 Å². The normalized spacial score (nSPS) is 16.9. The molecule has 21 heavy (non-hydrogen) atoms. The van der Waals surface area contributed by atoms with Crippen LogP contribution < -0.4 is 5.32 Å². The molecular formula is C18H18N2O. The molecule has 1 heterocycles. The lowest BCUT2D eigenvalue weighted by Gasteiger charge is -2.26. The molecule has 2 aromatic carbocycles. The average Bonchev–Trinajstić information content (AvgIpc) is 2.53. The molecule has 0 fully saturated rings. The molecule has 0 radical (unpaired) electrons. The number of nitrogens with one attached hydrogen (secondary N) is 1. The van der Waals surface area contributed by atoms with E-state index in [1.54, 1.807) is 0 Å². The highest BCUT2D eigenvalue weighted by molar-refractivity contribution is 5.60. The Bertz CT molecular complexity index is 688. The Morgan fingerprint density at radius 3 is 2.95 bits per heavy atom. The monoisotopic (exact) mass is 278 g/mol. The molecular weight excluding hydrogens is 260 g/mol. The quantitative estimate of drug-likeness (QED) is 0.933. The molecule has 2 aromatic rings. The zero-order chi connectivity index (χ0) is 14.7. The van der Waals surface area contributed by atoms with E-state index < -0.39 is 0 Å². The highest BCUT2D eigenvalue weighted by Crippen LogP contribution is 2.28. The second kappa shape index (κ2) is 5.99. The summed E-state index contributed by atoms with van der Waals surface area (Å²) in [6.07, 6.45) is 1.02. The predicted molar refractivity (Wildman–Crippen MR) is 83.2 cm³/mol. The summed E-state index contributed by atoms with van der Waals surface area (Å²) < 4.78 is 5.88. The van der Waals surface area contributed by atoms with Crippen LogP contribution in [0, 0.1) is 18.3 Å². The average molecular weight is 278 g/mol. The first kappa shape index (κ1) is 13.7. The van der Waals surface area contributed by atoms with E-state index in [1.165, 1.54) is 11.1 Å². The number of rotatable bonds is 3. The molecule has 0 aromatic heterocycles. The van der Waals surface area contributed by atoms with Gasteiger partial charge in [-0.1, -0.05) is 36.4 Å². The summed E-state index contributed by atoms with van der Waals surface area (Å²) in [5, 5.41) is 12.6. The van der Waals surface area contributed by atoms with Gasteiger partial charge in [0, 0.05) is 6.54 Å². The van der Waals surface area contributed by atoms with Gasteiger partial charge in [0.2, 0.25) is 0 Å². The fourth-order valence-corrected chi connectivity index (χ4v) is 2.81. The topological polar surface area (TPSA) is 45.0 Å². The van der Waals surface area contributed by atoms with E-state index in [9.17, 15) is 5.26 Å². The van der Waals surface area contributed by atoms with Gasteiger partial charge >= 0.3 is 0 Å². The van der Waals surface area contributed by atoms with Crippen LogP contribution in [0.2, 0.25) is 0 Å². The van der Waals surface area contributed by atoms with Crippen molar-refractivity contribution in [3.05, 3.63) is 64.7 Å². The van der Waals surface area contributed by atoms with E-state index in [2.05, 4.69) is 29.6 Å². The molecule has 3 nitrogen and oxygen atoms in total. The van der Waals surface area contributed by atoms with Gasteiger partial charge in [-0.05, 0) is 36.1 Å². The molecule has 106 valence electrons. The van der Waals surface area contributed by atoms with Crippen LogP contribution in [-0.2, 0) is 11.2 Å². The maximum absolute atomic E-state index is 9.27. The molecule has 0 bridgehead atoms. The van der Waals surface area contributed by atoms with Gasteiger partial charge in [-0.3, -0.25) is 0 Å². The van der Waals surface area contributed by atoms with Crippen molar-refractivity contribution in [3.8, 4) is 6.07 Å². The standard InChI is InChI=1S/C18H18N2O/c1-13-5-4-8-17(16(13)11-19)20-12-18-15-7-3-2-6-14(15)9-10-21-18/h2-8,18,20H,9-10,12H2,1H3. The van der Waals surface area contributed by atoms with Crippen molar-refractivity contribution in [3.63, 3.8) is 0 Å². The fraction of sp³-hybridized carbons (Fsp3) is 0.278. The van der Waals surface area contributed by atoms with Gasteiger partial charge in [0.1, 0.15) is 6.07 Å². The molecule has 0 saturated heterocycles. The molecule has 1 aliphatic rings. The van der Waals surface area contributed by atoms with Crippen LogP contribution in [-0.4, -0.2) is 13.2 Å². The van der Waals surface area contributed by atoms with Crippen molar-refractivity contribution < 1.29 is 4.74 Å². The lowest BCUT2D eigenvalue weighted by Crippen LogP contribution is -2.23. The van der Waals surface area contributed by atoms with Gasteiger partial charge in [-0.15, -0.1) is 0 Å². The highest BCUT2D eigenvalue weighted by atomic mass is 16.5. The largest absolute Gasteiger partial charge is 0.381 e. The third-order valence-corrected chi connectivity index (χ3v) is 3.95. The minimum Gasteiger partial charge on any atom is -0.381 e. The number of fused-ring (bicyclic) bond motifs is 1. The number of hydrogen-bond acceptors (Lipinski definition) is 3. The molecule has 3 rings (SSSR count). The summed E-state index contributed by atoms with van der Waals surface area (Å²) in [7, 11) is 0. The van der Waals surface area contributed by atoms with Crippen molar-refractivity contribution in [1.29, 1.82) is 5.26 Å². The van der Waals surface area contributed by atoms with Crippen LogP contribution in [0.4, 0.5) is 5.69 Å². The second-order valence-electron chi connectivity index (χ2n) is 5.30. The van der Waals surface area contributed by atoms with Gasteiger partial charge in [-0.25, -0.2) is 0 Å². The number of aryl methyl sites for hydroxylation is 1. The Hall–Kier alpha value is -2.31. The number of anilines is 1. The summed E-state index contributed by atoms with van der Waals surface area (Å²) in [5.74, 6) is 0. The van der Waals surface area contributed by atoms with Crippen LogP contribution in [0.25, 0.3) is 0 Å². The van der Waals surface area contributed by atoms with Crippen molar-refractivity contribution in [2.75, 3.05) is 18.5 Å². The third kappa shape index (κ3) is 2.76. The van der Waals surface area contributed by atoms with E-state index >= 15 is 0 Å². The first-order valence-corrected chi connectivity index (χ1v) is 7.22. The maximum atomic E-state index is 9.27. The molecule has 3 heteroatoms. The number of hydrogen-bond donors (Lipinski definition) is 1. The Morgan fingerprint density at radius 2 is 2.10 bits per heavy atom. The van der Waals surface area contributed by atoms with E-state index in [0.29, 0.717) is 12.1 Å². The molecule has 0 saturated carbocycles. The Balaban J connectivity index is 1.78. The van der Waals surface area contributed by atoms with Gasteiger partial charge in [-0.2, -0.15) is 5.26 Å². The van der Waals surface area contributed by atoms with Gasteiger partial charge < -0.3 is 10.1 Å². The molecule has 0 amide bonds. The van der Waals surface area contributed by atoms with E-state index in [4.69, 9.17) is 4.74 Å². The third-order valence-electron chi connectivity index (χ3n) is 3.95. The number of nitrogens with zero attached hydrogens (tertiary/aromatic N) is 1. The van der Waals surface area contributed by atoms with Gasteiger partial charge in [0.15, 0.2) is 0 Å². The number of nitriles is 1. The zero-order valence-corrected chi connectivity index (χ0v) is 12.1. The van der Waals surface area contributed by atoms with Crippen molar-refractivity contribution >= 4 is 5.69 Å². The molecule has 0 spiro atoms. The van der Waals surface area contributed by atoms with Crippen LogP contribution in [0.15, 0.2) is 42.5 Å². The van der Waals surface area contributed by atoms with Gasteiger partial charge in [0.25, 0.3) is 0 Å². The second-order valence-corrected chi connectivity index (χ2v) is 5.30. The number of benzene rings is 2. The molecule has 1 N–H and O–H groups in total. The predicted octanol–water partition coefficient (Wildman–Crippen LogP) is 3.59. The Kier molecular flexibility index (Phi) is 3.89. The van der Waals surface area contributed by atoms with Gasteiger partial charge in [0.05, 0.1) is 24.0 Å². The molecule has 1 atom stereocenters. The minimum atomic E-state index is 0.0435. The summed E-state index contributed by atoms with van der Waals surface area (Å²) in [5.41, 5.74) is 5.20. The Labute approximate surface area is 125 Å². The van der Waals surface area contributed by atoms with Crippen LogP contribution >= 0.6 is 0 Å². The zero-order valence-electron chi connectivity index (χ0n) is 12.1. The lowest BCUT2D eigenvalue weighted by atomic mass is 9.97. The van der Waals surface area contributed by atoms with Crippen molar-refractivity contribution in [2.45, 2.75) is 19.4 Å². The summed E-state index contributed by atoms with van der Waals surface area (Å²) in [6.45, 7) is 3.38. The smallest absolute Gasteiger partial charge is 0.102 e. The van der Waals surface area contributed by atoms with E-state index in [0.717, 1.165) is 24.3 Å². The summed E-state index contributed by atoms with van der Waals surface area (Å²) in [4.78, 5) is 0. The SMILES string of the molecule is Cc1cccc(NCC2OCCc3ccccc32)c1C#N. The summed E-state index contributed by atoms with van der Waals surface area (Å²) >= 11 is 0. The van der Waals surface area contributed by atoms with E-state index in [-0.39, 0.29) is 6.10 Å². The van der Waals surface area contributed by atoms with Crippen LogP contribution in [0.3, 0.4) is 0 Å². The molecule has 1 aliphatic heterocycles. The highest BCUT2D eigenvalue weighted by Gasteiger charge is 2.20. The van der Waals surface area contributed by atoms with Crippen LogP contribution in [0.5, 0.6) is 0 Å². The maximum Gasteiger partial charge on any atom is 0.102 e. The first-order valence-electron chi connectivity index (χ1n) is 7.22. The summed E-state index contributed by atoms with van der Waals surface area (Å²) in [6, 6.07) is 16.5. The Morgan fingerprint density at radius 1 is 1.24 bits per heavy atom. The molecule has 1 unspecified atom stereocenters. The molecule has 0 aliphatic carbocycles. The first-order chi connectivity index (χ1) is 10.3. The van der Waals surface area contributed by atoms with E-state index in [1.807, 2.05) is 31.2 Å². The lowest BCUT2D eigenvalue weighted by molar-refractivity contribution is 0.0513. The fourth-order valence-electron chi connectivity index (χ4n) is 2.81. The number of ether oxygens (including phenoxy) is 1. The van der Waals surface area contributed by atoms with Crippen molar-refractivity contribution in [2.24, 2.45) is 0 Å². The van der Waals surface area contributed by atoms with Crippen molar-refractivity contribution in [1.82, 2.24) is 0 Å². The minimum absolute atomic E-state index is 0.0435.